The van der Waals surface area contributed by atoms with E-state index in [9.17, 15) is 4.79 Å². The van der Waals surface area contributed by atoms with Crippen molar-refractivity contribution in [3.63, 3.8) is 0 Å². The normalized spacial score (nSPS) is 33.1. The fourth-order valence-electron chi connectivity index (χ4n) is 2.35. The number of hydrogen-bond donors (Lipinski definition) is 1. The van der Waals surface area contributed by atoms with Crippen molar-refractivity contribution in [1.29, 1.82) is 0 Å². The lowest BCUT2D eigenvalue weighted by molar-refractivity contribution is -0.142. The van der Waals surface area contributed by atoms with Gasteiger partial charge in [-0.3, -0.25) is 4.79 Å². The fraction of sp³-hybridized carbons (Fsp3) is 0.900. The number of amides is 1. The Bertz CT molecular complexity index is 225. The van der Waals surface area contributed by atoms with E-state index in [2.05, 4.69) is 11.9 Å². The zero-order valence-corrected chi connectivity index (χ0v) is 8.78. The van der Waals surface area contributed by atoms with Crippen LogP contribution in [-0.2, 0) is 4.79 Å². The van der Waals surface area contributed by atoms with Gasteiger partial charge in [-0.2, -0.15) is 0 Å². The van der Waals surface area contributed by atoms with Gasteiger partial charge in [0.25, 0.3) is 0 Å². The molecule has 0 aromatic heterocycles. The van der Waals surface area contributed by atoms with Crippen LogP contribution >= 0.6 is 0 Å². The van der Waals surface area contributed by atoms with Crippen LogP contribution in [0.2, 0.25) is 0 Å². The Hall–Kier alpha value is -0.610. The zero-order valence-electron chi connectivity index (χ0n) is 8.78. The molecule has 2 aliphatic heterocycles. The number of likely N-dealkylation sites (tertiary alicyclic amines) is 2. The quantitative estimate of drug-likeness (QED) is 0.649. The van der Waals surface area contributed by atoms with E-state index in [-0.39, 0.29) is 5.92 Å². The van der Waals surface area contributed by atoms with Gasteiger partial charge in [0, 0.05) is 25.7 Å². The van der Waals surface area contributed by atoms with Crippen LogP contribution < -0.4 is 5.73 Å². The number of hydrogen-bond acceptors (Lipinski definition) is 3. The minimum absolute atomic E-state index is 0.231. The molecule has 0 saturated carbocycles. The molecule has 2 rings (SSSR count). The third kappa shape index (κ3) is 1.64. The molecule has 80 valence electrons. The first-order chi connectivity index (χ1) is 6.72. The van der Waals surface area contributed by atoms with Gasteiger partial charge in [-0.25, -0.2) is 0 Å². The van der Waals surface area contributed by atoms with Crippen molar-refractivity contribution in [2.45, 2.75) is 18.9 Å². The van der Waals surface area contributed by atoms with E-state index in [1.54, 1.807) is 0 Å². The Kier molecular flexibility index (Phi) is 2.74. The topological polar surface area (TPSA) is 49.6 Å². The Morgan fingerprint density at radius 2 is 2.21 bits per heavy atom. The van der Waals surface area contributed by atoms with E-state index in [1.165, 1.54) is 0 Å². The summed E-state index contributed by atoms with van der Waals surface area (Å²) in [6, 6.07) is 0.327. The van der Waals surface area contributed by atoms with E-state index in [0.717, 1.165) is 32.5 Å². The average Bonchev–Trinajstić information content (AvgIpc) is 2.50. The maximum atomic E-state index is 12.0. The predicted molar refractivity (Wildman–Crippen MR) is 54.8 cm³/mol. The van der Waals surface area contributed by atoms with Gasteiger partial charge in [-0.15, -0.1) is 0 Å². The molecule has 2 fully saturated rings. The number of carbonyl (C=O) groups is 1. The molecule has 2 saturated heterocycles. The highest BCUT2D eigenvalue weighted by Crippen LogP contribution is 2.23. The van der Waals surface area contributed by atoms with E-state index in [4.69, 9.17) is 5.73 Å². The number of carbonyl (C=O) groups excluding carboxylic acids is 1. The van der Waals surface area contributed by atoms with Crippen LogP contribution in [0.15, 0.2) is 0 Å². The highest BCUT2D eigenvalue weighted by molar-refractivity contribution is 5.80. The maximum Gasteiger partial charge on any atom is 0.227 e. The molecular weight excluding hydrogens is 178 g/mol. The number of nitrogens with zero attached hydrogens (tertiary/aromatic N) is 2. The summed E-state index contributed by atoms with van der Waals surface area (Å²) in [5.74, 6) is 0.561. The summed E-state index contributed by atoms with van der Waals surface area (Å²) in [4.78, 5) is 16.2. The monoisotopic (exact) mass is 197 g/mol. The fourth-order valence-corrected chi connectivity index (χ4v) is 2.35. The Labute approximate surface area is 85.0 Å². The molecule has 2 unspecified atom stereocenters. The SMILES string of the molecule is CN1CCC(C(=O)N2CCC2CN)C1. The average molecular weight is 197 g/mol. The molecule has 1 amide bonds. The second-order valence-electron chi connectivity index (χ2n) is 4.46. The van der Waals surface area contributed by atoms with Crippen molar-refractivity contribution in [2.24, 2.45) is 11.7 Å². The molecule has 2 N–H and O–H groups in total. The molecule has 0 aromatic carbocycles. The summed E-state index contributed by atoms with van der Waals surface area (Å²) < 4.78 is 0. The molecule has 2 atom stereocenters. The second kappa shape index (κ2) is 3.87. The molecular formula is C10H19N3O. The van der Waals surface area contributed by atoms with Crippen LogP contribution in [0.5, 0.6) is 0 Å². The number of nitrogens with two attached hydrogens (primary N) is 1. The van der Waals surface area contributed by atoms with Crippen LogP contribution in [0.3, 0.4) is 0 Å². The highest BCUT2D eigenvalue weighted by Gasteiger charge is 2.36. The van der Waals surface area contributed by atoms with E-state index in [0.29, 0.717) is 18.5 Å². The first-order valence-electron chi connectivity index (χ1n) is 5.41. The van der Waals surface area contributed by atoms with Gasteiger partial charge < -0.3 is 15.5 Å². The minimum Gasteiger partial charge on any atom is -0.338 e. The third-order valence-electron chi connectivity index (χ3n) is 3.44. The lowest BCUT2D eigenvalue weighted by Gasteiger charge is -2.41. The van der Waals surface area contributed by atoms with Crippen LogP contribution in [0.1, 0.15) is 12.8 Å². The summed E-state index contributed by atoms with van der Waals surface area (Å²) in [6.45, 7) is 3.51. The van der Waals surface area contributed by atoms with Gasteiger partial charge >= 0.3 is 0 Å². The first-order valence-corrected chi connectivity index (χ1v) is 5.41. The summed E-state index contributed by atoms with van der Waals surface area (Å²) in [5.41, 5.74) is 5.58. The Balaban J connectivity index is 1.89. The van der Waals surface area contributed by atoms with Crippen molar-refractivity contribution in [3.05, 3.63) is 0 Å². The van der Waals surface area contributed by atoms with E-state index >= 15 is 0 Å². The highest BCUT2D eigenvalue weighted by atomic mass is 16.2. The van der Waals surface area contributed by atoms with Crippen LogP contribution in [0.4, 0.5) is 0 Å². The van der Waals surface area contributed by atoms with Crippen LogP contribution in [-0.4, -0.2) is 55.0 Å². The first kappa shape index (κ1) is 9.93. The van der Waals surface area contributed by atoms with Crippen molar-refractivity contribution in [3.8, 4) is 0 Å². The Morgan fingerprint density at radius 1 is 1.43 bits per heavy atom. The molecule has 2 heterocycles. The molecule has 0 spiro atoms. The van der Waals surface area contributed by atoms with Crippen molar-refractivity contribution < 1.29 is 4.79 Å². The lowest BCUT2D eigenvalue weighted by atomic mass is 9.98. The maximum absolute atomic E-state index is 12.0. The van der Waals surface area contributed by atoms with Crippen molar-refractivity contribution in [1.82, 2.24) is 9.80 Å². The van der Waals surface area contributed by atoms with Gasteiger partial charge in [-0.1, -0.05) is 0 Å². The summed E-state index contributed by atoms with van der Waals surface area (Å²) in [6.07, 6.45) is 2.11. The molecule has 0 bridgehead atoms. The third-order valence-corrected chi connectivity index (χ3v) is 3.44. The second-order valence-corrected chi connectivity index (χ2v) is 4.46. The van der Waals surface area contributed by atoms with Gasteiger partial charge in [0.2, 0.25) is 5.91 Å². The number of rotatable bonds is 2. The van der Waals surface area contributed by atoms with Crippen LogP contribution in [0, 0.1) is 5.92 Å². The zero-order chi connectivity index (χ0) is 10.1. The van der Waals surface area contributed by atoms with Gasteiger partial charge in [0.15, 0.2) is 0 Å². The van der Waals surface area contributed by atoms with Crippen LogP contribution in [0.25, 0.3) is 0 Å². The standard InChI is InChI=1S/C10H19N3O/c1-12-4-2-8(7-12)10(14)13-5-3-9(13)6-11/h8-9H,2-7,11H2,1H3. The predicted octanol–water partition coefficient (Wildman–Crippen LogP) is -0.502. The van der Waals surface area contributed by atoms with Gasteiger partial charge in [0.1, 0.15) is 0 Å². The summed E-state index contributed by atoms with van der Waals surface area (Å²) in [5, 5.41) is 0. The van der Waals surface area contributed by atoms with Crippen molar-refractivity contribution >= 4 is 5.91 Å². The Morgan fingerprint density at radius 3 is 2.64 bits per heavy atom. The molecule has 0 aliphatic carbocycles. The smallest absolute Gasteiger partial charge is 0.227 e. The minimum atomic E-state index is 0.231. The lowest BCUT2D eigenvalue weighted by Crippen LogP contribution is -2.56. The molecule has 0 aromatic rings. The van der Waals surface area contributed by atoms with Gasteiger partial charge in [0.05, 0.1) is 5.92 Å². The molecule has 4 heteroatoms. The van der Waals surface area contributed by atoms with E-state index in [1.807, 2.05) is 4.90 Å². The summed E-state index contributed by atoms with van der Waals surface area (Å²) in [7, 11) is 2.07. The van der Waals surface area contributed by atoms with E-state index < -0.39 is 0 Å². The summed E-state index contributed by atoms with van der Waals surface area (Å²) >= 11 is 0. The molecule has 2 aliphatic rings. The molecule has 14 heavy (non-hydrogen) atoms. The van der Waals surface area contributed by atoms with Crippen molar-refractivity contribution in [2.75, 3.05) is 33.2 Å². The largest absolute Gasteiger partial charge is 0.338 e. The molecule has 4 nitrogen and oxygen atoms in total. The van der Waals surface area contributed by atoms with Gasteiger partial charge in [-0.05, 0) is 26.4 Å². The molecule has 0 radical (unpaired) electrons.